The van der Waals surface area contributed by atoms with Crippen molar-refractivity contribution in [3.8, 4) is 0 Å². The Morgan fingerprint density at radius 3 is 1.98 bits per heavy atom. The van der Waals surface area contributed by atoms with Crippen LogP contribution in [0.2, 0.25) is 0 Å². The summed E-state index contributed by atoms with van der Waals surface area (Å²) in [5.74, 6) is -5.10. The van der Waals surface area contributed by atoms with E-state index in [0.717, 1.165) is 0 Å². The molecule has 3 aliphatic heterocycles. The maximum absolute atomic E-state index is 14.2. The standard InChI is InChI=1S/C38H72N2O12.C4H4O4/c1-15-27-38(10,46)31(42)24(6)40(13)19-20(2)17-36(8,45)33(52-35-29(41)26(39(11)12)16-21(3)48-35)22(4)30(23(5)34(44)50-27)51-28-18-37(9,47-14)32(43)25(7)49-28;5-3(6)1-2-4(7)8/h20-33,35,41-43,45-46H,15-19H2,1-14H3;1-2H,(H,5,6)(H,7,8)/b;2-1-/t20-,21-,22+,23-,24-,25+,26+,27-,28+,29-,30+,31-,32+,33-,35+,36-,37-,38-;/m1./s1. The molecular formula is C42H76N2O16. The van der Waals surface area contributed by atoms with Crippen molar-refractivity contribution < 1.29 is 78.6 Å². The van der Waals surface area contributed by atoms with Crippen molar-refractivity contribution in [1.29, 1.82) is 0 Å². The molecule has 0 unspecified atom stereocenters. The normalized spacial score (nSPS) is 44.3. The average Bonchev–Trinajstić information content (AvgIpc) is 3.15. The number of carbonyl (C=O) groups is 3. The maximum atomic E-state index is 14.2. The number of aliphatic carboxylic acids is 2. The van der Waals surface area contributed by atoms with E-state index in [0.29, 0.717) is 25.1 Å². The van der Waals surface area contributed by atoms with Crippen molar-refractivity contribution >= 4 is 17.9 Å². The van der Waals surface area contributed by atoms with E-state index in [4.69, 9.17) is 38.6 Å². The molecule has 18 atom stereocenters. The number of aliphatic hydroxyl groups is 5. The van der Waals surface area contributed by atoms with E-state index in [2.05, 4.69) is 0 Å². The highest BCUT2D eigenvalue weighted by Crippen LogP contribution is 2.40. The van der Waals surface area contributed by atoms with Crippen LogP contribution in [0.25, 0.3) is 0 Å². The average molecular weight is 865 g/mol. The molecule has 0 aliphatic carbocycles. The molecule has 3 heterocycles. The van der Waals surface area contributed by atoms with Crippen molar-refractivity contribution in [3.05, 3.63) is 12.2 Å². The van der Waals surface area contributed by atoms with Crippen molar-refractivity contribution in [1.82, 2.24) is 9.80 Å². The van der Waals surface area contributed by atoms with Crippen LogP contribution >= 0.6 is 0 Å². The number of rotatable bonds is 9. The third kappa shape index (κ3) is 13.8. The first-order valence-corrected chi connectivity index (χ1v) is 20.9. The summed E-state index contributed by atoms with van der Waals surface area (Å²) in [6.07, 6.45) is -7.07. The van der Waals surface area contributed by atoms with E-state index in [-0.39, 0.29) is 37.3 Å². The molecule has 3 saturated heterocycles. The topological polar surface area (TPSA) is 255 Å². The van der Waals surface area contributed by atoms with Gasteiger partial charge < -0.3 is 74.0 Å². The SMILES string of the molecule is CC[C@H]1OC(=O)[C@H](C)[C@@H](O[C@H]2C[C@@](C)(OC)[C@@H](O)[C@H](C)O2)[C@H](C)[C@@H](O[C@@H]2O[C@H](C)C[C@H](N(C)C)[C@H]2O)[C@](C)(O)C[C@@H](C)CN(C)[C@H](C)[C@@H](O)[C@]1(C)O.O=C(O)/C=C\C(=O)O. The summed E-state index contributed by atoms with van der Waals surface area (Å²) in [5, 5.41) is 73.8. The Bertz CT molecular complexity index is 1400. The van der Waals surface area contributed by atoms with E-state index < -0.39 is 108 Å². The van der Waals surface area contributed by atoms with Crippen LogP contribution in [0.5, 0.6) is 0 Å². The number of hydrogen-bond acceptors (Lipinski definition) is 16. The number of aliphatic hydroxyl groups excluding tert-OH is 3. The first kappa shape index (κ1) is 53.8. The van der Waals surface area contributed by atoms with Gasteiger partial charge in [-0.2, -0.15) is 0 Å². The molecule has 3 fully saturated rings. The Morgan fingerprint density at radius 1 is 0.917 bits per heavy atom. The van der Waals surface area contributed by atoms with Crippen molar-refractivity contribution in [2.24, 2.45) is 17.8 Å². The predicted octanol–water partition coefficient (Wildman–Crippen LogP) is 1.61. The lowest BCUT2D eigenvalue weighted by molar-refractivity contribution is -0.318. The van der Waals surface area contributed by atoms with Gasteiger partial charge in [-0.3, -0.25) is 4.79 Å². The Hall–Kier alpha value is -2.33. The first-order valence-electron chi connectivity index (χ1n) is 20.9. The Balaban J connectivity index is 0.00000140. The summed E-state index contributed by atoms with van der Waals surface area (Å²) in [6.45, 7) is 18.0. The molecule has 0 aromatic rings. The molecule has 3 aliphatic rings. The minimum atomic E-state index is -1.80. The number of ether oxygens (including phenoxy) is 6. The van der Waals surface area contributed by atoms with Crippen molar-refractivity contribution in [2.45, 2.75) is 185 Å². The van der Waals surface area contributed by atoms with E-state index in [1.54, 1.807) is 41.5 Å². The van der Waals surface area contributed by atoms with Gasteiger partial charge in [-0.15, -0.1) is 0 Å². The zero-order valence-electron chi connectivity index (χ0n) is 38.0. The Labute approximate surface area is 355 Å². The fraction of sp³-hybridized carbons (Fsp3) is 0.881. The highest BCUT2D eigenvalue weighted by molar-refractivity contribution is 5.89. The summed E-state index contributed by atoms with van der Waals surface area (Å²) in [4.78, 5) is 37.2. The molecular weight excluding hydrogens is 788 g/mol. The molecule has 18 nitrogen and oxygen atoms in total. The summed E-state index contributed by atoms with van der Waals surface area (Å²) >= 11 is 0. The first-order chi connectivity index (χ1) is 27.5. The minimum Gasteiger partial charge on any atom is -0.478 e. The molecule has 18 heteroatoms. The number of esters is 1. The van der Waals surface area contributed by atoms with Crippen molar-refractivity contribution in [3.63, 3.8) is 0 Å². The van der Waals surface area contributed by atoms with Gasteiger partial charge in [0.1, 0.15) is 30.0 Å². The van der Waals surface area contributed by atoms with Crippen LogP contribution in [-0.2, 0) is 42.8 Å². The zero-order chi connectivity index (χ0) is 46.2. The highest BCUT2D eigenvalue weighted by atomic mass is 16.7. The zero-order valence-corrected chi connectivity index (χ0v) is 38.0. The second-order valence-corrected chi connectivity index (χ2v) is 18.2. The highest BCUT2D eigenvalue weighted by Gasteiger charge is 2.52. The molecule has 7 N–H and O–H groups in total. The maximum Gasteiger partial charge on any atom is 0.328 e. The lowest BCUT2D eigenvalue weighted by Crippen LogP contribution is -2.60. The fourth-order valence-electron chi connectivity index (χ4n) is 8.88. The monoisotopic (exact) mass is 865 g/mol. The number of carboxylic acid groups (broad SMARTS) is 2. The Morgan fingerprint density at radius 2 is 1.48 bits per heavy atom. The third-order valence-corrected chi connectivity index (χ3v) is 12.6. The van der Waals surface area contributed by atoms with E-state index in [1.165, 1.54) is 14.0 Å². The van der Waals surface area contributed by atoms with Crippen LogP contribution in [0.1, 0.15) is 94.9 Å². The van der Waals surface area contributed by atoms with Gasteiger partial charge in [0, 0.05) is 50.2 Å². The number of likely N-dealkylation sites (N-methyl/N-ethyl adjacent to an activating group) is 2. The van der Waals surface area contributed by atoms with Gasteiger partial charge in [0.2, 0.25) is 0 Å². The van der Waals surface area contributed by atoms with Gasteiger partial charge in [-0.05, 0) is 94.8 Å². The molecule has 350 valence electrons. The smallest absolute Gasteiger partial charge is 0.328 e. The quantitative estimate of drug-likeness (QED) is 0.128. The predicted molar refractivity (Wildman–Crippen MR) is 219 cm³/mol. The largest absolute Gasteiger partial charge is 0.478 e. The van der Waals surface area contributed by atoms with E-state index in [1.807, 2.05) is 51.7 Å². The van der Waals surface area contributed by atoms with Crippen LogP contribution < -0.4 is 0 Å². The summed E-state index contributed by atoms with van der Waals surface area (Å²) < 4.78 is 37.5. The number of nitrogens with zero attached hydrogens (tertiary/aromatic N) is 2. The fourth-order valence-corrected chi connectivity index (χ4v) is 8.88. The van der Waals surface area contributed by atoms with Crippen LogP contribution in [0.4, 0.5) is 0 Å². The summed E-state index contributed by atoms with van der Waals surface area (Å²) in [6, 6.07) is -0.808. The van der Waals surface area contributed by atoms with Crippen LogP contribution in [-0.4, -0.2) is 189 Å². The molecule has 0 bridgehead atoms. The van der Waals surface area contributed by atoms with Gasteiger partial charge in [0.25, 0.3) is 0 Å². The lowest BCUT2D eigenvalue weighted by Gasteiger charge is -2.48. The second kappa shape index (κ2) is 22.3. The van der Waals surface area contributed by atoms with Crippen LogP contribution in [0.3, 0.4) is 0 Å². The number of hydrogen-bond donors (Lipinski definition) is 7. The molecule has 60 heavy (non-hydrogen) atoms. The van der Waals surface area contributed by atoms with Gasteiger partial charge in [-0.25, -0.2) is 9.59 Å². The Kier molecular flexibility index (Phi) is 20.0. The van der Waals surface area contributed by atoms with Gasteiger partial charge in [-0.1, -0.05) is 20.8 Å². The molecule has 0 saturated carbocycles. The lowest BCUT2D eigenvalue weighted by atomic mass is 9.77. The summed E-state index contributed by atoms with van der Waals surface area (Å²) in [5.41, 5.74) is -4.37. The van der Waals surface area contributed by atoms with Gasteiger partial charge in [0.05, 0.1) is 41.5 Å². The number of methoxy groups -OCH3 is 1. The molecule has 0 spiro atoms. The minimum absolute atomic E-state index is 0.133. The van der Waals surface area contributed by atoms with E-state index >= 15 is 0 Å². The van der Waals surface area contributed by atoms with Crippen LogP contribution in [0, 0.1) is 17.8 Å². The van der Waals surface area contributed by atoms with Gasteiger partial charge in [0.15, 0.2) is 12.6 Å². The summed E-state index contributed by atoms with van der Waals surface area (Å²) in [7, 11) is 7.12. The van der Waals surface area contributed by atoms with E-state index in [9.17, 15) is 39.9 Å². The molecule has 3 rings (SSSR count). The molecule has 0 radical (unpaired) electrons. The van der Waals surface area contributed by atoms with Crippen LogP contribution in [0.15, 0.2) is 12.2 Å². The third-order valence-electron chi connectivity index (χ3n) is 12.6. The number of cyclic esters (lactones) is 1. The molecule has 0 aromatic carbocycles. The number of carboxylic acids is 2. The molecule has 0 aromatic heterocycles. The molecule has 0 amide bonds. The second-order valence-electron chi connectivity index (χ2n) is 18.2. The van der Waals surface area contributed by atoms with Gasteiger partial charge >= 0.3 is 17.9 Å². The van der Waals surface area contributed by atoms with Crippen molar-refractivity contribution in [2.75, 3.05) is 34.8 Å². The number of carbonyl (C=O) groups excluding carboxylic acids is 1.